The molecule has 0 aromatic heterocycles. The maximum atomic E-state index is 9.75. The molecule has 3 unspecified atom stereocenters. The van der Waals surface area contributed by atoms with Gasteiger partial charge in [-0.1, -0.05) is 18.2 Å². The van der Waals surface area contributed by atoms with Crippen LogP contribution in [0.15, 0.2) is 24.3 Å². The van der Waals surface area contributed by atoms with E-state index in [4.69, 9.17) is 14.6 Å². The smallest absolute Gasteiger partial charge is 0.184 e. The minimum absolute atomic E-state index is 0.140. The lowest BCUT2D eigenvalue weighted by Crippen LogP contribution is -2.58. The molecule has 1 aromatic carbocycles. The summed E-state index contributed by atoms with van der Waals surface area (Å²) in [6.07, 6.45) is -7.04. The maximum Gasteiger partial charge on any atom is 0.184 e. The summed E-state index contributed by atoms with van der Waals surface area (Å²) in [5.74, 6) is 0.418. The molecule has 1 saturated heterocycles. The molecule has 1 heterocycles. The van der Waals surface area contributed by atoms with Crippen LogP contribution in [-0.2, 0) is 11.3 Å². The van der Waals surface area contributed by atoms with Gasteiger partial charge >= 0.3 is 0 Å². The Kier molecular flexibility index (Phi) is 4.92. The fourth-order valence-corrected chi connectivity index (χ4v) is 2.02. The molecule has 112 valence electrons. The number of hydrogen-bond acceptors (Lipinski definition) is 7. The second kappa shape index (κ2) is 6.49. The second-order valence-electron chi connectivity index (χ2n) is 4.61. The predicted octanol–water partition coefficient (Wildman–Crippen LogP) is -1.64. The van der Waals surface area contributed by atoms with Gasteiger partial charge in [0.05, 0.1) is 6.61 Å². The molecule has 0 saturated carbocycles. The number of aliphatic hydroxyl groups excluding tert-OH is 5. The largest absolute Gasteiger partial charge is 0.490 e. The van der Waals surface area contributed by atoms with Crippen molar-refractivity contribution in [2.75, 3.05) is 6.61 Å². The van der Waals surface area contributed by atoms with Gasteiger partial charge in [-0.25, -0.2) is 0 Å². The van der Waals surface area contributed by atoms with Crippen molar-refractivity contribution in [3.05, 3.63) is 29.8 Å². The highest BCUT2D eigenvalue weighted by Crippen LogP contribution is 2.22. The SMILES string of the molecule is OCc1ccccc1OCC1O[C@H](O)C(O)C(O)[C@@H]1O. The third-order valence-electron chi connectivity index (χ3n) is 3.23. The molecule has 0 spiro atoms. The van der Waals surface area contributed by atoms with Crippen LogP contribution in [0.25, 0.3) is 0 Å². The molecule has 1 aliphatic heterocycles. The molecule has 20 heavy (non-hydrogen) atoms. The van der Waals surface area contributed by atoms with Crippen LogP contribution in [0.3, 0.4) is 0 Å². The highest BCUT2D eigenvalue weighted by Gasteiger charge is 2.43. The van der Waals surface area contributed by atoms with Gasteiger partial charge in [0, 0.05) is 5.56 Å². The van der Waals surface area contributed by atoms with E-state index in [1.165, 1.54) is 0 Å². The zero-order valence-electron chi connectivity index (χ0n) is 10.7. The zero-order chi connectivity index (χ0) is 14.7. The van der Waals surface area contributed by atoms with Crippen molar-refractivity contribution in [1.82, 2.24) is 0 Å². The molecular formula is C13H18O7. The zero-order valence-corrected chi connectivity index (χ0v) is 10.7. The van der Waals surface area contributed by atoms with E-state index in [-0.39, 0.29) is 13.2 Å². The number of para-hydroxylation sites is 1. The first-order chi connectivity index (χ1) is 9.54. The Morgan fingerprint density at radius 2 is 1.70 bits per heavy atom. The Bertz CT molecular complexity index is 438. The molecule has 5 atom stereocenters. The quantitative estimate of drug-likeness (QED) is 0.450. The summed E-state index contributed by atoms with van der Waals surface area (Å²) >= 11 is 0. The summed E-state index contributed by atoms with van der Waals surface area (Å²) in [6, 6.07) is 6.79. The fourth-order valence-electron chi connectivity index (χ4n) is 2.02. The molecule has 0 amide bonds. The molecule has 1 fully saturated rings. The van der Waals surface area contributed by atoms with Gasteiger partial charge in [0.1, 0.15) is 36.8 Å². The van der Waals surface area contributed by atoms with Crippen LogP contribution in [0.4, 0.5) is 0 Å². The van der Waals surface area contributed by atoms with Gasteiger partial charge in [-0.2, -0.15) is 0 Å². The minimum atomic E-state index is -1.59. The van der Waals surface area contributed by atoms with E-state index in [0.29, 0.717) is 11.3 Å². The first kappa shape index (κ1) is 15.2. The Hall–Kier alpha value is -1.22. The number of benzene rings is 1. The van der Waals surface area contributed by atoms with Crippen molar-refractivity contribution in [3.63, 3.8) is 0 Å². The molecule has 7 nitrogen and oxygen atoms in total. The van der Waals surface area contributed by atoms with Crippen molar-refractivity contribution in [2.24, 2.45) is 0 Å². The Balaban J connectivity index is 2.00. The first-order valence-electron chi connectivity index (χ1n) is 6.24. The normalized spacial score (nSPS) is 34.0. The first-order valence-corrected chi connectivity index (χ1v) is 6.24. The van der Waals surface area contributed by atoms with E-state index >= 15 is 0 Å². The lowest BCUT2D eigenvalue weighted by molar-refractivity contribution is -0.285. The molecule has 0 aliphatic carbocycles. The summed E-state index contributed by atoms with van der Waals surface area (Å²) < 4.78 is 10.4. The van der Waals surface area contributed by atoms with Gasteiger partial charge in [0.25, 0.3) is 0 Å². The maximum absolute atomic E-state index is 9.75. The average Bonchev–Trinajstić information content (AvgIpc) is 2.47. The van der Waals surface area contributed by atoms with E-state index in [9.17, 15) is 20.4 Å². The summed E-state index contributed by atoms with van der Waals surface area (Å²) in [5, 5.41) is 47.2. The van der Waals surface area contributed by atoms with E-state index < -0.39 is 30.7 Å². The van der Waals surface area contributed by atoms with Crippen molar-refractivity contribution in [1.29, 1.82) is 0 Å². The van der Waals surface area contributed by atoms with Crippen LogP contribution in [0.1, 0.15) is 5.56 Å². The van der Waals surface area contributed by atoms with Gasteiger partial charge in [0.2, 0.25) is 0 Å². The molecule has 1 aromatic rings. The van der Waals surface area contributed by atoms with Crippen LogP contribution >= 0.6 is 0 Å². The summed E-state index contributed by atoms with van der Waals surface area (Å²) in [6.45, 7) is -0.340. The van der Waals surface area contributed by atoms with Crippen molar-refractivity contribution < 1.29 is 35.0 Å². The van der Waals surface area contributed by atoms with E-state index in [1.807, 2.05) is 0 Å². The third-order valence-corrected chi connectivity index (χ3v) is 3.23. The van der Waals surface area contributed by atoms with Gasteiger partial charge in [-0.15, -0.1) is 0 Å². The lowest BCUT2D eigenvalue weighted by atomic mass is 9.99. The van der Waals surface area contributed by atoms with Crippen LogP contribution in [0.5, 0.6) is 5.75 Å². The number of hydrogen-bond donors (Lipinski definition) is 5. The lowest BCUT2D eigenvalue weighted by Gasteiger charge is -2.38. The summed E-state index contributed by atoms with van der Waals surface area (Å²) in [4.78, 5) is 0. The van der Waals surface area contributed by atoms with E-state index in [2.05, 4.69) is 0 Å². The molecular weight excluding hydrogens is 268 g/mol. The van der Waals surface area contributed by atoms with Crippen molar-refractivity contribution >= 4 is 0 Å². The number of ether oxygens (including phenoxy) is 2. The van der Waals surface area contributed by atoms with Crippen LogP contribution in [-0.4, -0.2) is 62.8 Å². The van der Waals surface area contributed by atoms with E-state index in [0.717, 1.165) is 0 Å². The van der Waals surface area contributed by atoms with Crippen LogP contribution in [0.2, 0.25) is 0 Å². The molecule has 0 radical (unpaired) electrons. The second-order valence-corrected chi connectivity index (χ2v) is 4.61. The Labute approximate surface area is 115 Å². The summed E-state index contributed by atoms with van der Waals surface area (Å²) in [5.41, 5.74) is 0.568. The Morgan fingerprint density at radius 3 is 2.40 bits per heavy atom. The summed E-state index contributed by atoms with van der Waals surface area (Å²) in [7, 11) is 0. The van der Waals surface area contributed by atoms with Gasteiger partial charge in [-0.3, -0.25) is 0 Å². The Morgan fingerprint density at radius 1 is 1.00 bits per heavy atom. The van der Waals surface area contributed by atoms with Crippen molar-refractivity contribution in [3.8, 4) is 5.75 Å². The molecule has 7 heteroatoms. The molecule has 0 bridgehead atoms. The van der Waals surface area contributed by atoms with Crippen LogP contribution in [0, 0.1) is 0 Å². The molecule has 1 aliphatic rings. The number of rotatable bonds is 4. The van der Waals surface area contributed by atoms with Gasteiger partial charge in [0.15, 0.2) is 6.29 Å². The third kappa shape index (κ3) is 3.09. The topological polar surface area (TPSA) is 120 Å². The highest BCUT2D eigenvalue weighted by molar-refractivity contribution is 5.32. The average molecular weight is 286 g/mol. The standard InChI is InChI=1S/C13H18O7/c14-5-7-3-1-2-4-8(7)19-6-9-10(15)11(16)12(17)13(18)20-9/h1-4,9-18H,5-6H2/t9?,10-,11?,12?,13+/m1/s1. The monoisotopic (exact) mass is 286 g/mol. The van der Waals surface area contributed by atoms with Crippen LogP contribution < -0.4 is 4.74 Å². The van der Waals surface area contributed by atoms with Gasteiger partial charge in [-0.05, 0) is 6.07 Å². The number of aliphatic hydroxyl groups is 5. The van der Waals surface area contributed by atoms with E-state index in [1.54, 1.807) is 24.3 Å². The van der Waals surface area contributed by atoms with Crippen molar-refractivity contribution in [2.45, 2.75) is 37.3 Å². The minimum Gasteiger partial charge on any atom is -0.490 e. The molecule has 5 N–H and O–H groups in total. The predicted molar refractivity (Wildman–Crippen MR) is 66.8 cm³/mol. The highest BCUT2D eigenvalue weighted by atomic mass is 16.6. The van der Waals surface area contributed by atoms with Gasteiger partial charge < -0.3 is 35.0 Å². The molecule has 2 rings (SSSR count). The fraction of sp³-hybridized carbons (Fsp3) is 0.538.